The van der Waals surface area contributed by atoms with Gasteiger partial charge in [0.1, 0.15) is 6.23 Å². The molecule has 0 radical (unpaired) electrons. The number of carbonyl (C=O) groups excluding carboxylic acids is 1. The smallest absolute Gasteiger partial charge is 0.257 e. The Balaban J connectivity index is 1.79. The fourth-order valence-electron chi connectivity index (χ4n) is 6.35. The van der Waals surface area contributed by atoms with Gasteiger partial charge in [-0.05, 0) is 25.0 Å². The van der Waals surface area contributed by atoms with Crippen LogP contribution in [0.25, 0.3) is 49.3 Å². The highest BCUT2D eigenvalue weighted by molar-refractivity contribution is 6.34. The number of hydrogen-bond donors (Lipinski definition) is 2. The van der Waals surface area contributed by atoms with Crippen molar-refractivity contribution in [3.05, 3.63) is 66.2 Å². The van der Waals surface area contributed by atoms with E-state index < -0.39 is 0 Å². The molecule has 32 heavy (non-hydrogen) atoms. The molecule has 156 valence electrons. The molecule has 6 heteroatoms. The standard InChI is InChI=1S/C26H20N4O2/c1-12-19-20-13-6-2-4-8-16(13)29-18-11-10-15(27)26(32-18)30-17-9-5-3-7-14(17)21(24(30)23(20)29)22(19)25(31)28-12/h2-9,15,18,26H,1,10-11,27H2,(H,28,31)/t15-,18-,26+/m1/s1. The lowest BCUT2D eigenvalue weighted by atomic mass is 9.96. The molecule has 0 saturated carbocycles. The highest BCUT2D eigenvalue weighted by Crippen LogP contribution is 2.52. The Labute approximate surface area is 182 Å². The number of fused-ring (bicyclic) bond motifs is 13. The molecule has 3 atom stereocenters. The van der Waals surface area contributed by atoms with Crippen LogP contribution in [0.4, 0.5) is 0 Å². The van der Waals surface area contributed by atoms with Crippen LogP contribution >= 0.6 is 0 Å². The van der Waals surface area contributed by atoms with Gasteiger partial charge in [-0.2, -0.15) is 0 Å². The van der Waals surface area contributed by atoms with Crippen LogP contribution < -0.4 is 11.1 Å². The number of benzene rings is 3. The lowest BCUT2D eigenvalue weighted by Crippen LogP contribution is -2.39. The number of nitrogens with one attached hydrogen (secondary N) is 1. The van der Waals surface area contributed by atoms with Crippen LogP contribution in [-0.2, 0) is 4.74 Å². The van der Waals surface area contributed by atoms with Crippen LogP contribution in [-0.4, -0.2) is 21.1 Å². The van der Waals surface area contributed by atoms with E-state index >= 15 is 0 Å². The molecule has 5 heterocycles. The Bertz CT molecular complexity index is 1710. The van der Waals surface area contributed by atoms with Crippen molar-refractivity contribution in [1.29, 1.82) is 0 Å². The molecule has 0 aliphatic carbocycles. The molecular formula is C26H20N4O2. The highest BCUT2D eigenvalue weighted by atomic mass is 16.5. The van der Waals surface area contributed by atoms with Gasteiger partial charge in [0.25, 0.3) is 5.91 Å². The molecule has 3 N–H and O–H groups in total. The molecule has 2 bridgehead atoms. The maximum absolute atomic E-state index is 13.3. The quantitative estimate of drug-likeness (QED) is 0.379. The molecule has 1 saturated heterocycles. The third kappa shape index (κ3) is 1.72. The van der Waals surface area contributed by atoms with Gasteiger partial charge in [0.2, 0.25) is 0 Å². The predicted molar refractivity (Wildman–Crippen MR) is 125 cm³/mol. The molecule has 1 amide bonds. The highest BCUT2D eigenvalue weighted by Gasteiger charge is 2.41. The van der Waals surface area contributed by atoms with E-state index in [1.165, 1.54) is 0 Å². The van der Waals surface area contributed by atoms with E-state index in [2.05, 4.69) is 57.4 Å². The number of aromatic nitrogens is 2. The molecule has 3 aliphatic heterocycles. The minimum absolute atomic E-state index is 0.0935. The van der Waals surface area contributed by atoms with Crippen molar-refractivity contribution in [1.82, 2.24) is 14.5 Å². The SMILES string of the molecule is C=C1NC(=O)c2c1c1c3ccccc3n3c1c1c2c2ccccc2n1[C@H]1O[C@@H]3CC[C@H]1N. The summed E-state index contributed by atoms with van der Waals surface area (Å²) < 4.78 is 11.3. The van der Waals surface area contributed by atoms with Gasteiger partial charge < -0.3 is 24.9 Å². The molecule has 3 aromatic carbocycles. The zero-order valence-electron chi connectivity index (χ0n) is 17.3. The van der Waals surface area contributed by atoms with E-state index in [1.54, 1.807) is 0 Å². The minimum Gasteiger partial charge on any atom is -0.333 e. The molecule has 8 rings (SSSR count). The van der Waals surface area contributed by atoms with Gasteiger partial charge in [0.05, 0.1) is 33.7 Å². The van der Waals surface area contributed by atoms with E-state index in [0.717, 1.165) is 62.0 Å². The second-order valence-electron chi connectivity index (χ2n) is 9.13. The Hall–Kier alpha value is -3.61. The number of rotatable bonds is 0. The van der Waals surface area contributed by atoms with Crippen molar-refractivity contribution in [2.45, 2.75) is 31.3 Å². The van der Waals surface area contributed by atoms with E-state index in [-0.39, 0.29) is 24.4 Å². The number of nitrogens with two attached hydrogens (primary N) is 1. The summed E-state index contributed by atoms with van der Waals surface area (Å²) in [5, 5.41) is 7.20. The van der Waals surface area contributed by atoms with Crippen molar-refractivity contribution < 1.29 is 9.53 Å². The fourth-order valence-corrected chi connectivity index (χ4v) is 6.35. The van der Waals surface area contributed by atoms with Crippen LogP contribution in [0.2, 0.25) is 0 Å². The maximum atomic E-state index is 13.3. The van der Waals surface area contributed by atoms with E-state index in [9.17, 15) is 4.79 Å². The summed E-state index contributed by atoms with van der Waals surface area (Å²) >= 11 is 0. The molecule has 1 fully saturated rings. The molecule has 2 aromatic heterocycles. The first-order valence-electron chi connectivity index (χ1n) is 11.1. The van der Waals surface area contributed by atoms with Crippen molar-refractivity contribution >= 4 is 55.2 Å². The summed E-state index contributed by atoms with van der Waals surface area (Å²) in [6.45, 7) is 4.23. The summed E-state index contributed by atoms with van der Waals surface area (Å²) in [6.07, 6.45) is 1.33. The summed E-state index contributed by atoms with van der Waals surface area (Å²) in [5.41, 5.74) is 13.2. The van der Waals surface area contributed by atoms with Crippen LogP contribution in [0.15, 0.2) is 55.1 Å². The van der Waals surface area contributed by atoms with E-state index in [4.69, 9.17) is 10.5 Å². The lowest BCUT2D eigenvalue weighted by molar-refractivity contribution is -0.125. The topological polar surface area (TPSA) is 74.2 Å². The summed E-state index contributed by atoms with van der Waals surface area (Å²) in [4.78, 5) is 13.3. The third-order valence-corrected chi connectivity index (χ3v) is 7.54. The number of para-hydroxylation sites is 2. The molecule has 6 nitrogen and oxygen atoms in total. The first-order valence-corrected chi connectivity index (χ1v) is 11.1. The van der Waals surface area contributed by atoms with Crippen LogP contribution in [0.1, 0.15) is 41.2 Å². The van der Waals surface area contributed by atoms with Gasteiger partial charge in [0, 0.05) is 32.8 Å². The Morgan fingerprint density at radius 2 is 1.53 bits per heavy atom. The number of ether oxygens (including phenoxy) is 1. The molecule has 0 unspecified atom stereocenters. The van der Waals surface area contributed by atoms with Gasteiger partial charge in [-0.1, -0.05) is 43.0 Å². The number of hydrogen-bond acceptors (Lipinski definition) is 3. The lowest BCUT2D eigenvalue weighted by Gasteiger charge is -2.35. The van der Waals surface area contributed by atoms with Crippen LogP contribution in [0.5, 0.6) is 0 Å². The summed E-state index contributed by atoms with van der Waals surface area (Å²) in [6, 6.07) is 16.5. The number of amides is 1. The summed E-state index contributed by atoms with van der Waals surface area (Å²) in [7, 11) is 0. The Morgan fingerprint density at radius 1 is 0.906 bits per heavy atom. The first kappa shape index (κ1) is 17.0. The van der Waals surface area contributed by atoms with Crippen LogP contribution in [0, 0.1) is 0 Å². The van der Waals surface area contributed by atoms with Gasteiger partial charge in [0.15, 0.2) is 6.23 Å². The van der Waals surface area contributed by atoms with E-state index in [1.807, 2.05) is 12.1 Å². The monoisotopic (exact) mass is 420 g/mol. The van der Waals surface area contributed by atoms with Gasteiger partial charge in [-0.25, -0.2) is 0 Å². The average Bonchev–Trinajstić information content (AvgIpc) is 3.38. The largest absolute Gasteiger partial charge is 0.333 e. The maximum Gasteiger partial charge on any atom is 0.257 e. The number of nitrogens with zero attached hydrogens (tertiary/aromatic N) is 2. The molecule has 5 aromatic rings. The predicted octanol–water partition coefficient (Wildman–Crippen LogP) is 4.77. The van der Waals surface area contributed by atoms with Gasteiger partial charge in [-0.15, -0.1) is 0 Å². The average molecular weight is 420 g/mol. The van der Waals surface area contributed by atoms with Gasteiger partial charge in [-0.3, -0.25) is 4.79 Å². The van der Waals surface area contributed by atoms with Crippen molar-refractivity contribution in [2.24, 2.45) is 5.73 Å². The second kappa shape index (κ2) is 5.41. The zero-order valence-corrected chi connectivity index (χ0v) is 17.3. The van der Waals surface area contributed by atoms with Gasteiger partial charge >= 0.3 is 0 Å². The third-order valence-electron chi connectivity index (χ3n) is 7.54. The minimum atomic E-state index is -0.288. The molecule has 3 aliphatic rings. The first-order chi connectivity index (χ1) is 15.6. The Kier molecular flexibility index (Phi) is 2.87. The van der Waals surface area contributed by atoms with Crippen molar-refractivity contribution in [2.75, 3.05) is 0 Å². The normalized spacial score (nSPS) is 24.1. The van der Waals surface area contributed by atoms with E-state index in [0.29, 0.717) is 11.3 Å². The molecular weight excluding hydrogens is 400 g/mol. The molecule has 0 spiro atoms. The Morgan fingerprint density at radius 3 is 2.28 bits per heavy atom. The number of carbonyl (C=O) groups is 1. The van der Waals surface area contributed by atoms with Crippen molar-refractivity contribution in [3.8, 4) is 0 Å². The fraction of sp³-hybridized carbons (Fsp3) is 0.192. The summed E-state index contributed by atoms with van der Waals surface area (Å²) in [5.74, 6) is -0.0935. The zero-order chi connectivity index (χ0) is 21.3. The van der Waals surface area contributed by atoms with Crippen LogP contribution in [0.3, 0.4) is 0 Å². The van der Waals surface area contributed by atoms with Crippen molar-refractivity contribution in [3.63, 3.8) is 0 Å². The second-order valence-corrected chi connectivity index (χ2v) is 9.13.